The van der Waals surface area contributed by atoms with Crippen molar-refractivity contribution in [2.45, 2.75) is 18.2 Å². The average Bonchev–Trinajstić information content (AvgIpc) is 2.52. The number of aromatic nitrogens is 2. The first kappa shape index (κ1) is 10.4. The van der Waals surface area contributed by atoms with Gasteiger partial charge in [0.15, 0.2) is 0 Å². The van der Waals surface area contributed by atoms with Crippen molar-refractivity contribution in [2.24, 2.45) is 7.05 Å². The molecule has 0 fully saturated rings. The van der Waals surface area contributed by atoms with E-state index >= 15 is 0 Å². The molecular formula is C11H14N2OS. The van der Waals surface area contributed by atoms with Gasteiger partial charge in [0.2, 0.25) is 5.88 Å². The van der Waals surface area contributed by atoms with Crippen LogP contribution in [0.3, 0.4) is 0 Å². The molecule has 0 saturated carbocycles. The summed E-state index contributed by atoms with van der Waals surface area (Å²) in [5.41, 5.74) is 1.07. The predicted molar refractivity (Wildman–Crippen MR) is 63.8 cm³/mol. The monoisotopic (exact) mass is 222 g/mol. The van der Waals surface area contributed by atoms with Crippen LogP contribution in [-0.4, -0.2) is 16.4 Å². The Labute approximate surface area is 94.4 Å². The largest absolute Gasteiger partial charge is 0.476 e. The molecule has 80 valence electrons. The summed E-state index contributed by atoms with van der Waals surface area (Å²) in [6.07, 6.45) is 0.985. The van der Waals surface area contributed by atoms with Gasteiger partial charge in [-0.3, -0.25) is 4.68 Å². The molecule has 3 nitrogen and oxygen atoms in total. The van der Waals surface area contributed by atoms with Gasteiger partial charge in [-0.1, -0.05) is 6.92 Å². The Bertz CT molecular complexity index is 479. The van der Waals surface area contributed by atoms with E-state index in [2.05, 4.69) is 24.7 Å². The summed E-state index contributed by atoms with van der Waals surface area (Å²) in [5.74, 6) is 0.699. The number of hydrogen-bond donors (Lipinski definition) is 1. The fourth-order valence-corrected chi connectivity index (χ4v) is 1.73. The molecule has 0 bridgehead atoms. The minimum absolute atomic E-state index is 0.697. The Kier molecular flexibility index (Phi) is 2.86. The number of hydrogen-bond acceptors (Lipinski definition) is 3. The molecule has 0 saturated heterocycles. The summed E-state index contributed by atoms with van der Waals surface area (Å²) in [7, 11) is 1.92. The summed E-state index contributed by atoms with van der Waals surface area (Å²) < 4.78 is 7.41. The standard InChI is InChI=1S/C11H14N2OS/c1-3-6-14-11-9-7-8(15)4-5-10(9)13(2)12-11/h4-5,7,15H,3,6H2,1-2H3. The van der Waals surface area contributed by atoms with E-state index < -0.39 is 0 Å². The van der Waals surface area contributed by atoms with Gasteiger partial charge in [0.05, 0.1) is 17.5 Å². The van der Waals surface area contributed by atoms with Crippen LogP contribution in [0, 0.1) is 0 Å². The minimum Gasteiger partial charge on any atom is -0.476 e. The van der Waals surface area contributed by atoms with Crippen LogP contribution in [0.5, 0.6) is 5.88 Å². The number of benzene rings is 1. The van der Waals surface area contributed by atoms with Gasteiger partial charge in [0, 0.05) is 11.9 Å². The van der Waals surface area contributed by atoms with Crippen LogP contribution in [-0.2, 0) is 7.05 Å². The molecule has 1 aromatic heterocycles. The minimum atomic E-state index is 0.697. The highest BCUT2D eigenvalue weighted by Crippen LogP contribution is 2.26. The van der Waals surface area contributed by atoms with Gasteiger partial charge < -0.3 is 4.74 Å². The number of nitrogens with zero attached hydrogens (tertiary/aromatic N) is 2. The van der Waals surface area contributed by atoms with E-state index in [1.54, 1.807) is 0 Å². The van der Waals surface area contributed by atoms with E-state index in [1.165, 1.54) is 0 Å². The van der Waals surface area contributed by atoms with Crippen molar-refractivity contribution in [3.05, 3.63) is 18.2 Å². The second-order valence-corrected chi connectivity index (χ2v) is 4.00. The van der Waals surface area contributed by atoms with Gasteiger partial charge in [-0.2, -0.15) is 0 Å². The zero-order valence-corrected chi connectivity index (χ0v) is 9.79. The molecule has 2 rings (SSSR count). The van der Waals surface area contributed by atoms with Crippen molar-refractivity contribution >= 4 is 23.5 Å². The molecule has 1 aromatic carbocycles. The Hall–Kier alpha value is -1.16. The smallest absolute Gasteiger partial charge is 0.240 e. The lowest BCUT2D eigenvalue weighted by Gasteiger charge is -1.99. The molecule has 0 radical (unpaired) electrons. The molecule has 15 heavy (non-hydrogen) atoms. The van der Waals surface area contributed by atoms with E-state index in [0.717, 1.165) is 22.2 Å². The van der Waals surface area contributed by atoms with Crippen molar-refractivity contribution in [3.63, 3.8) is 0 Å². The van der Waals surface area contributed by atoms with Crippen molar-refractivity contribution in [1.29, 1.82) is 0 Å². The third kappa shape index (κ3) is 1.95. The Balaban J connectivity index is 2.49. The number of rotatable bonds is 3. The molecule has 0 aliphatic rings. The average molecular weight is 222 g/mol. The van der Waals surface area contributed by atoms with Crippen LogP contribution in [0.15, 0.2) is 23.1 Å². The van der Waals surface area contributed by atoms with Crippen LogP contribution < -0.4 is 4.74 Å². The van der Waals surface area contributed by atoms with Crippen LogP contribution in [0.1, 0.15) is 13.3 Å². The highest BCUT2D eigenvalue weighted by Gasteiger charge is 2.09. The van der Waals surface area contributed by atoms with Crippen molar-refractivity contribution in [1.82, 2.24) is 9.78 Å². The Morgan fingerprint density at radius 3 is 3.00 bits per heavy atom. The SMILES string of the molecule is CCCOc1nn(C)c2ccc(S)cc12. The topological polar surface area (TPSA) is 27.1 Å². The Morgan fingerprint density at radius 2 is 2.27 bits per heavy atom. The second kappa shape index (κ2) is 4.14. The lowest BCUT2D eigenvalue weighted by Crippen LogP contribution is -1.96. The Morgan fingerprint density at radius 1 is 1.47 bits per heavy atom. The predicted octanol–water partition coefficient (Wildman–Crippen LogP) is 2.65. The van der Waals surface area contributed by atoms with Gasteiger partial charge in [0.25, 0.3) is 0 Å². The number of aryl methyl sites for hydroxylation is 1. The maximum absolute atomic E-state index is 5.58. The van der Waals surface area contributed by atoms with Crippen molar-refractivity contribution in [3.8, 4) is 5.88 Å². The number of fused-ring (bicyclic) bond motifs is 1. The summed E-state index contributed by atoms with van der Waals surface area (Å²) in [4.78, 5) is 0.928. The van der Waals surface area contributed by atoms with Crippen molar-refractivity contribution in [2.75, 3.05) is 6.61 Å². The van der Waals surface area contributed by atoms with Crippen LogP contribution in [0.25, 0.3) is 10.9 Å². The molecule has 0 aliphatic heterocycles. The van der Waals surface area contributed by atoms with Crippen LogP contribution in [0.2, 0.25) is 0 Å². The summed E-state index contributed by atoms with van der Waals surface area (Å²) in [6, 6.07) is 5.94. The summed E-state index contributed by atoms with van der Waals surface area (Å²) in [5, 5.41) is 5.36. The van der Waals surface area contributed by atoms with E-state index in [0.29, 0.717) is 12.5 Å². The maximum atomic E-state index is 5.58. The molecule has 4 heteroatoms. The number of ether oxygens (including phenoxy) is 1. The second-order valence-electron chi connectivity index (χ2n) is 3.48. The molecule has 0 amide bonds. The van der Waals surface area contributed by atoms with E-state index in [9.17, 15) is 0 Å². The normalized spacial score (nSPS) is 10.9. The fraction of sp³-hybridized carbons (Fsp3) is 0.364. The fourth-order valence-electron chi connectivity index (χ4n) is 1.53. The lowest BCUT2D eigenvalue weighted by atomic mass is 10.2. The first-order valence-electron chi connectivity index (χ1n) is 5.01. The van der Waals surface area contributed by atoms with Crippen molar-refractivity contribution < 1.29 is 4.74 Å². The quantitative estimate of drug-likeness (QED) is 0.808. The molecule has 0 atom stereocenters. The van der Waals surface area contributed by atoms with E-state index in [4.69, 9.17) is 4.74 Å². The van der Waals surface area contributed by atoms with Gasteiger partial charge in [0.1, 0.15) is 0 Å². The molecule has 0 aliphatic carbocycles. The first-order chi connectivity index (χ1) is 7.22. The van der Waals surface area contributed by atoms with Gasteiger partial charge in [-0.15, -0.1) is 17.7 Å². The molecule has 0 spiro atoms. The number of thiol groups is 1. The summed E-state index contributed by atoms with van der Waals surface area (Å²) in [6.45, 7) is 2.78. The molecule has 1 heterocycles. The molecule has 0 unspecified atom stereocenters. The van der Waals surface area contributed by atoms with Gasteiger partial charge in [-0.05, 0) is 24.6 Å². The van der Waals surface area contributed by atoms with E-state index in [1.807, 2.05) is 29.9 Å². The zero-order valence-electron chi connectivity index (χ0n) is 8.90. The summed E-state index contributed by atoms with van der Waals surface area (Å²) >= 11 is 4.32. The maximum Gasteiger partial charge on any atom is 0.240 e. The third-order valence-electron chi connectivity index (χ3n) is 2.24. The van der Waals surface area contributed by atoms with E-state index in [-0.39, 0.29) is 0 Å². The van der Waals surface area contributed by atoms with Crippen LogP contribution >= 0.6 is 12.6 Å². The molecule has 0 N–H and O–H groups in total. The highest BCUT2D eigenvalue weighted by molar-refractivity contribution is 7.80. The van der Waals surface area contributed by atoms with Gasteiger partial charge in [-0.25, -0.2) is 0 Å². The zero-order chi connectivity index (χ0) is 10.8. The lowest BCUT2D eigenvalue weighted by molar-refractivity contribution is 0.305. The molecular weight excluding hydrogens is 208 g/mol. The first-order valence-corrected chi connectivity index (χ1v) is 5.45. The highest BCUT2D eigenvalue weighted by atomic mass is 32.1. The van der Waals surface area contributed by atoms with Gasteiger partial charge >= 0.3 is 0 Å². The third-order valence-corrected chi connectivity index (χ3v) is 2.52. The van der Waals surface area contributed by atoms with Crippen LogP contribution in [0.4, 0.5) is 0 Å². The molecule has 2 aromatic rings.